The molecule has 0 saturated carbocycles. The molecule has 0 fully saturated rings. The monoisotopic (exact) mass is 249 g/mol. The third-order valence-electron chi connectivity index (χ3n) is 1.22. The van der Waals surface area contributed by atoms with E-state index >= 15 is 0 Å². The first kappa shape index (κ1) is 9.70. The van der Waals surface area contributed by atoms with Crippen molar-refractivity contribution in [2.24, 2.45) is 0 Å². The first-order valence-corrected chi connectivity index (χ1v) is 5.05. The first-order valence-electron chi connectivity index (χ1n) is 3.37. The van der Waals surface area contributed by atoms with Crippen LogP contribution in [0.4, 0.5) is 0 Å². The smallest absolute Gasteiger partial charge is 0.262 e. The molecule has 12 heavy (non-hydrogen) atoms. The van der Waals surface area contributed by atoms with Crippen LogP contribution < -0.4 is 5.32 Å². The van der Waals surface area contributed by atoms with Gasteiger partial charge in [-0.1, -0.05) is 0 Å². The molecule has 0 unspecified atom stereocenters. The van der Waals surface area contributed by atoms with Gasteiger partial charge in [-0.05, 0) is 27.4 Å². The van der Waals surface area contributed by atoms with Crippen LogP contribution in [0.1, 0.15) is 9.67 Å². The van der Waals surface area contributed by atoms with Gasteiger partial charge in [-0.2, -0.15) is 0 Å². The quantitative estimate of drug-likeness (QED) is 0.847. The third kappa shape index (κ3) is 2.30. The summed E-state index contributed by atoms with van der Waals surface area (Å²) in [5.74, 6) is -0.147. The van der Waals surface area contributed by atoms with E-state index in [0.29, 0.717) is 11.4 Å². The number of aliphatic hydroxyl groups is 1. The second kappa shape index (κ2) is 4.59. The van der Waals surface area contributed by atoms with E-state index in [2.05, 4.69) is 21.2 Å². The van der Waals surface area contributed by atoms with E-state index in [0.717, 1.165) is 4.47 Å². The van der Waals surface area contributed by atoms with Crippen LogP contribution in [0.25, 0.3) is 0 Å². The fraction of sp³-hybridized carbons (Fsp3) is 0.286. The van der Waals surface area contributed by atoms with Crippen molar-refractivity contribution in [1.29, 1.82) is 0 Å². The molecule has 0 atom stereocenters. The predicted octanol–water partition coefficient (Wildman–Crippen LogP) is 1.23. The molecule has 0 aliphatic carbocycles. The van der Waals surface area contributed by atoms with Gasteiger partial charge in [0.25, 0.3) is 5.91 Å². The minimum absolute atomic E-state index is 0.0330. The zero-order valence-electron chi connectivity index (χ0n) is 6.21. The van der Waals surface area contributed by atoms with Gasteiger partial charge in [-0.3, -0.25) is 4.79 Å². The standard InChI is InChI=1S/C7H8BrNO2S/c8-5-1-4-12-6(5)7(11)9-2-3-10/h1,4,10H,2-3H2,(H,9,11). The van der Waals surface area contributed by atoms with Crippen molar-refractivity contribution in [3.8, 4) is 0 Å². The zero-order valence-corrected chi connectivity index (χ0v) is 8.61. The zero-order chi connectivity index (χ0) is 8.97. The fourth-order valence-electron chi connectivity index (χ4n) is 0.705. The Morgan fingerprint density at radius 2 is 2.50 bits per heavy atom. The van der Waals surface area contributed by atoms with E-state index < -0.39 is 0 Å². The highest BCUT2D eigenvalue weighted by Crippen LogP contribution is 2.21. The summed E-state index contributed by atoms with van der Waals surface area (Å²) < 4.78 is 0.794. The van der Waals surface area contributed by atoms with Crippen LogP contribution >= 0.6 is 27.3 Å². The Balaban J connectivity index is 2.59. The van der Waals surface area contributed by atoms with Crippen LogP contribution in [0.15, 0.2) is 15.9 Å². The van der Waals surface area contributed by atoms with Gasteiger partial charge in [0.1, 0.15) is 4.88 Å². The van der Waals surface area contributed by atoms with Crippen molar-refractivity contribution in [1.82, 2.24) is 5.32 Å². The molecule has 0 aromatic carbocycles. The van der Waals surface area contributed by atoms with Crippen LogP contribution in [-0.2, 0) is 0 Å². The van der Waals surface area contributed by atoms with E-state index in [1.54, 1.807) is 0 Å². The Morgan fingerprint density at radius 1 is 1.75 bits per heavy atom. The maximum atomic E-state index is 11.2. The number of amides is 1. The van der Waals surface area contributed by atoms with Gasteiger partial charge in [-0.25, -0.2) is 0 Å². The van der Waals surface area contributed by atoms with Gasteiger partial charge in [0.15, 0.2) is 0 Å². The van der Waals surface area contributed by atoms with E-state index in [1.165, 1.54) is 11.3 Å². The van der Waals surface area contributed by atoms with Crippen molar-refractivity contribution < 1.29 is 9.90 Å². The van der Waals surface area contributed by atoms with Crippen molar-refractivity contribution in [3.05, 3.63) is 20.8 Å². The summed E-state index contributed by atoms with van der Waals surface area (Å²) in [5, 5.41) is 12.9. The highest BCUT2D eigenvalue weighted by Gasteiger charge is 2.09. The lowest BCUT2D eigenvalue weighted by Crippen LogP contribution is -2.25. The van der Waals surface area contributed by atoms with Crippen molar-refractivity contribution in [2.75, 3.05) is 13.2 Å². The lowest BCUT2D eigenvalue weighted by Gasteiger charge is -1.99. The maximum absolute atomic E-state index is 11.2. The molecule has 0 aliphatic heterocycles. The van der Waals surface area contributed by atoms with Gasteiger partial charge in [0.2, 0.25) is 0 Å². The molecule has 1 aromatic rings. The number of carbonyl (C=O) groups excluding carboxylic acids is 1. The van der Waals surface area contributed by atoms with Crippen molar-refractivity contribution >= 4 is 33.2 Å². The van der Waals surface area contributed by atoms with Crippen LogP contribution in [0.5, 0.6) is 0 Å². The minimum atomic E-state index is -0.147. The minimum Gasteiger partial charge on any atom is -0.395 e. The molecular formula is C7H8BrNO2S. The Labute approximate surface area is 82.5 Å². The summed E-state index contributed by atoms with van der Waals surface area (Å²) in [7, 11) is 0. The predicted molar refractivity (Wildman–Crippen MR) is 51.4 cm³/mol. The highest BCUT2D eigenvalue weighted by molar-refractivity contribution is 9.10. The molecule has 5 heteroatoms. The average molecular weight is 250 g/mol. The largest absolute Gasteiger partial charge is 0.395 e. The molecule has 0 saturated heterocycles. The number of hydrogen-bond acceptors (Lipinski definition) is 3. The molecule has 66 valence electrons. The number of halogens is 1. The number of thiophene rings is 1. The summed E-state index contributed by atoms with van der Waals surface area (Å²) in [6.45, 7) is 0.262. The molecule has 0 aliphatic rings. The molecule has 0 spiro atoms. The summed E-state index contributed by atoms with van der Waals surface area (Å²) in [4.78, 5) is 11.9. The van der Waals surface area contributed by atoms with Gasteiger partial charge in [-0.15, -0.1) is 11.3 Å². The van der Waals surface area contributed by atoms with E-state index in [9.17, 15) is 4.79 Å². The molecule has 1 heterocycles. The fourth-order valence-corrected chi connectivity index (χ4v) is 2.17. The molecular weight excluding hydrogens is 242 g/mol. The molecule has 3 nitrogen and oxygen atoms in total. The second-order valence-corrected chi connectivity index (χ2v) is 3.85. The number of nitrogens with one attached hydrogen (secondary N) is 1. The number of hydrogen-bond donors (Lipinski definition) is 2. The first-order chi connectivity index (χ1) is 5.75. The van der Waals surface area contributed by atoms with Crippen LogP contribution in [-0.4, -0.2) is 24.2 Å². The van der Waals surface area contributed by atoms with Crippen LogP contribution in [0.3, 0.4) is 0 Å². The van der Waals surface area contributed by atoms with Gasteiger partial charge >= 0.3 is 0 Å². The Morgan fingerprint density at radius 3 is 3.00 bits per heavy atom. The molecule has 1 amide bonds. The molecule has 2 N–H and O–H groups in total. The summed E-state index contributed by atoms with van der Waals surface area (Å²) >= 11 is 4.61. The highest BCUT2D eigenvalue weighted by atomic mass is 79.9. The van der Waals surface area contributed by atoms with Gasteiger partial charge in [0, 0.05) is 11.0 Å². The Hall–Kier alpha value is -0.390. The average Bonchev–Trinajstić information content (AvgIpc) is 2.47. The normalized spacial score (nSPS) is 9.83. The van der Waals surface area contributed by atoms with E-state index in [1.807, 2.05) is 11.4 Å². The molecule has 0 radical (unpaired) electrons. The molecule has 0 bridgehead atoms. The van der Waals surface area contributed by atoms with Crippen molar-refractivity contribution in [2.45, 2.75) is 0 Å². The number of carbonyl (C=O) groups is 1. The van der Waals surface area contributed by atoms with Crippen molar-refractivity contribution in [3.63, 3.8) is 0 Å². The van der Waals surface area contributed by atoms with E-state index in [4.69, 9.17) is 5.11 Å². The topological polar surface area (TPSA) is 49.3 Å². The summed E-state index contributed by atoms with van der Waals surface area (Å²) in [6, 6.07) is 1.82. The lowest BCUT2D eigenvalue weighted by atomic mass is 10.4. The summed E-state index contributed by atoms with van der Waals surface area (Å²) in [5.41, 5.74) is 0. The van der Waals surface area contributed by atoms with Gasteiger partial charge in [0.05, 0.1) is 6.61 Å². The third-order valence-corrected chi connectivity index (χ3v) is 3.06. The van der Waals surface area contributed by atoms with E-state index in [-0.39, 0.29) is 12.5 Å². The molecule has 1 rings (SSSR count). The Bertz CT molecular complexity index is 274. The summed E-state index contributed by atoms with van der Waals surface area (Å²) in [6.07, 6.45) is 0. The second-order valence-electron chi connectivity index (χ2n) is 2.08. The maximum Gasteiger partial charge on any atom is 0.262 e. The number of aliphatic hydroxyl groups excluding tert-OH is 1. The lowest BCUT2D eigenvalue weighted by molar-refractivity contribution is 0.0948. The molecule has 1 aromatic heterocycles. The van der Waals surface area contributed by atoms with Crippen LogP contribution in [0, 0.1) is 0 Å². The van der Waals surface area contributed by atoms with Crippen LogP contribution in [0.2, 0.25) is 0 Å². The Kier molecular flexibility index (Phi) is 3.71. The SMILES string of the molecule is O=C(NCCO)c1sccc1Br. The van der Waals surface area contributed by atoms with Gasteiger partial charge < -0.3 is 10.4 Å². The number of rotatable bonds is 3.